The van der Waals surface area contributed by atoms with Crippen LogP contribution in [0, 0.1) is 13.8 Å². The molecule has 1 saturated carbocycles. The molecule has 2 fully saturated rings. The maximum Gasteiger partial charge on any atom is 0.281 e. The predicted octanol–water partition coefficient (Wildman–Crippen LogP) is 2.49. The fourth-order valence-electron chi connectivity index (χ4n) is 4.25. The van der Waals surface area contributed by atoms with Crippen molar-refractivity contribution in [1.82, 2.24) is 29.9 Å². The molecule has 8 heteroatoms. The average Bonchev–Trinajstić information content (AvgIpc) is 3.46. The number of amides is 1. The highest BCUT2D eigenvalue weighted by atomic mass is 16.2. The van der Waals surface area contributed by atoms with Crippen LogP contribution >= 0.6 is 0 Å². The molecule has 2 aliphatic rings. The van der Waals surface area contributed by atoms with Crippen molar-refractivity contribution in [3.05, 3.63) is 51.1 Å². The molecule has 0 spiro atoms. The molecule has 1 saturated heterocycles. The molecule has 3 aromatic rings. The molecule has 1 N–H and O–H groups in total. The fraction of sp³-hybridized carbons (Fsp3) is 0.476. The first-order chi connectivity index (χ1) is 14.0. The Balaban J connectivity index is 1.35. The van der Waals surface area contributed by atoms with Gasteiger partial charge in [-0.1, -0.05) is 22.4 Å². The zero-order valence-corrected chi connectivity index (χ0v) is 16.7. The van der Waals surface area contributed by atoms with E-state index < -0.39 is 0 Å². The van der Waals surface area contributed by atoms with Crippen LogP contribution in [0.15, 0.2) is 23.0 Å². The zero-order valence-electron chi connectivity index (χ0n) is 16.7. The number of rotatable bonds is 3. The lowest BCUT2D eigenvalue weighted by Crippen LogP contribution is -2.39. The number of carbonyl (C=O) groups is 1. The van der Waals surface area contributed by atoms with Crippen LogP contribution in [0.4, 0.5) is 0 Å². The minimum absolute atomic E-state index is 0.0734. The molecule has 0 radical (unpaired) electrons. The van der Waals surface area contributed by atoms with E-state index in [0.717, 1.165) is 48.2 Å². The molecule has 8 nitrogen and oxygen atoms in total. The van der Waals surface area contributed by atoms with Crippen LogP contribution < -0.4 is 5.56 Å². The van der Waals surface area contributed by atoms with E-state index in [-0.39, 0.29) is 17.5 Å². The summed E-state index contributed by atoms with van der Waals surface area (Å²) in [4.78, 5) is 34.6. The first-order valence-corrected chi connectivity index (χ1v) is 10.2. The smallest absolute Gasteiger partial charge is 0.281 e. The summed E-state index contributed by atoms with van der Waals surface area (Å²) in [5, 5.41) is 8.29. The number of fused-ring (bicyclic) bond motifs is 1. The number of likely N-dealkylation sites (tertiary alicyclic amines) is 1. The van der Waals surface area contributed by atoms with E-state index in [2.05, 4.69) is 26.3 Å². The number of aryl methyl sites for hydroxylation is 2. The van der Waals surface area contributed by atoms with Crippen molar-refractivity contribution in [3.8, 4) is 0 Å². The van der Waals surface area contributed by atoms with Gasteiger partial charge in [0.1, 0.15) is 5.82 Å². The SMILES string of the molecule is Cc1cc(C)cc(C(=O)N2CCC(n3nnc4c(=O)[nH]c(C5CC5)nc43)CC2)c1. The third-order valence-electron chi connectivity index (χ3n) is 5.88. The first-order valence-electron chi connectivity index (χ1n) is 10.2. The number of benzene rings is 1. The molecule has 1 aliphatic heterocycles. The Morgan fingerprint density at radius 1 is 1.07 bits per heavy atom. The van der Waals surface area contributed by atoms with Crippen LogP contribution in [0.2, 0.25) is 0 Å². The van der Waals surface area contributed by atoms with E-state index in [9.17, 15) is 9.59 Å². The summed E-state index contributed by atoms with van der Waals surface area (Å²) in [5.41, 5.74) is 3.58. The quantitative estimate of drug-likeness (QED) is 0.739. The number of H-pyrrole nitrogens is 1. The van der Waals surface area contributed by atoms with Gasteiger partial charge in [-0.05, 0) is 51.7 Å². The highest BCUT2D eigenvalue weighted by Crippen LogP contribution is 2.38. The molecule has 0 unspecified atom stereocenters. The standard InChI is InChI=1S/C21H24N6O2/c1-12-9-13(2)11-15(10-12)21(29)26-7-5-16(6-8-26)27-19-17(24-25-27)20(28)23-18(22-19)14-3-4-14/h9-11,14,16H,3-8H2,1-2H3,(H,22,23,28). The maximum absolute atomic E-state index is 12.9. The molecule has 1 amide bonds. The van der Waals surface area contributed by atoms with E-state index in [1.807, 2.05) is 30.9 Å². The van der Waals surface area contributed by atoms with Gasteiger partial charge in [0, 0.05) is 24.6 Å². The van der Waals surface area contributed by atoms with E-state index in [1.54, 1.807) is 4.68 Å². The summed E-state index contributed by atoms with van der Waals surface area (Å²) in [6, 6.07) is 6.05. The zero-order chi connectivity index (χ0) is 20.1. The lowest BCUT2D eigenvalue weighted by atomic mass is 10.0. The van der Waals surface area contributed by atoms with Crippen molar-refractivity contribution < 1.29 is 4.79 Å². The number of aromatic nitrogens is 5. The van der Waals surface area contributed by atoms with E-state index >= 15 is 0 Å². The Bertz CT molecular complexity index is 1130. The van der Waals surface area contributed by atoms with Gasteiger partial charge in [0.2, 0.25) is 0 Å². The Morgan fingerprint density at radius 2 is 1.76 bits per heavy atom. The second-order valence-corrected chi connectivity index (χ2v) is 8.33. The van der Waals surface area contributed by atoms with Gasteiger partial charge < -0.3 is 9.88 Å². The number of hydrogen-bond acceptors (Lipinski definition) is 5. The van der Waals surface area contributed by atoms with E-state index in [1.165, 1.54) is 0 Å². The second kappa shape index (κ2) is 6.79. The fourth-order valence-corrected chi connectivity index (χ4v) is 4.25. The van der Waals surface area contributed by atoms with Crippen molar-refractivity contribution in [3.63, 3.8) is 0 Å². The number of carbonyl (C=O) groups excluding carboxylic acids is 1. The first kappa shape index (κ1) is 18.0. The van der Waals surface area contributed by atoms with E-state index in [4.69, 9.17) is 0 Å². The second-order valence-electron chi connectivity index (χ2n) is 8.33. The van der Waals surface area contributed by atoms with Crippen LogP contribution in [0.5, 0.6) is 0 Å². The third-order valence-corrected chi connectivity index (χ3v) is 5.88. The normalized spacial score (nSPS) is 17.8. The van der Waals surface area contributed by atoms with Gasteiger partial charge in [0.25, 0.3) is 11.5 Å². The van der Waals surface area contributed by atoms with Gasteiger partial charge in [-0.2, -0.15) is 0 Å². The largest absolute Gasteiger partial charge is 0.338 e. The summed E-state index contributed by atoms with van der Waals surface area (Å²) < 4.78 is 1.79. The Labute approximate surface area is 167 Å². The van der Waals surface area contributed by atoms with Crippen LogP contribution in [0.3, 0.4) is 0 Å². The van der Waals surface area contributed by atoms with Crippen LogP contribution in [-0.4, -0.2) is 48.9 Å². The Hall–Kier alpha value is -3.03. The van der Waals surface area contributed by atoms with Gasteiger partial charge in [0.05, 0.1) is 6.04 Å². The number of nitrogens with zero attached hydrogens (tertiary/aromatic N) is 5. The Kier molecular flexibility index (Phi) is 4.22. The van der Waals surface area contributed by atoms with Crippen molar-refractivity contribution in [2.45, 2.75) is 51.5 Å². The lowest BCUT2D eigenvalue weighted by Gasteiger charge is -2.32. The number of aromatic amines is 1. The minimum atomic E-state index is -0.217. The molecule has 3 heterocycles. The van der Waals surface area contributed by atoms with Crippen molar-refractivity contribution in [2.24, 2.45) is 0 Å². The summed E-state index contributed by atoms with van der Waals surface area (Å²) in [5.74, 6) is 1.17. The predicted molar refractivity (Wildman–Crippen MR) is 108 cm³/mol. The van der Waals surface area contributed by atoms with Crippen molar-refractivity contribution >= 4 is 17.1 Å². The molecule has 5 rings (SSSR count). The molecule has 29 heavy (non-hydrogen) atoms. The van der Waals surface area contributed by atoms with Gasteiger partial charge in [-0.3, -0.25) is 9.59 Å². The summed E-state index contributed by atoms with van der Waals surface area (Å²) >= 11 is 0. The van der Waals surface area contributed by atoms with Crippen molar-refractivity contribution in [2.75, 3.05) is 13.1 Å². The highest BCUT2D eigenvalue weighted by Gasteiger charge is 2.30. The molecule has 1 aromatic carbocycles. The summed E-state index contributed by atoms with van der Waals surface area (Å²) in [6.07, 6.45) is 3.66. The summed E-state index contributed by atoms with van der Waals surface area (Å²) in [6.45, 7) is 5.32. The number of piperidine rings is 1. The van der Waals surface area contributed by atoms with Crippen molar-refractivity contribution in [1.29, 1.82) is 0 Å². The number of hydrogen-bond donors (Lipinski definition) is 1. The summed E-state index contributed by atoms with van der Waals surface area (Å²) in [7, 11) is 0. The molecule has 150 valence electrons. The van der Waals surface area contributed by atoms with Crippen LogP contribution in [0.25, 0.3) is 11.2 Å². The molecular formula is C21H24N6O2. The van der Waals surface area contributed by atoms with Gasteiger partial charge in [-0.25, -0.2) is 9.67 Å². The monoisotopic (exact) mass is 392 g/mol. The molecule has 2 aromatic heterocycles. The topological polar surface area (TPSA) is 96.8 Å². The van der Waals surface area contributed by atoms with Gasteiger partial charge in [-0.15, -0.1) is 5.10 Å². The van der Waals surface area contributed by atoms with E-state index in [0.29, 0.717) is 30.2 Å². The van der Waals surface area contributed by atoms with Crippen LogP contribution in [-0.2, 0) is 0 Å². The van der Waals surface area contributed by atoms with Crippen LogP contribution in [0.1, 0.15) is 65.0 Å². The minimum Gasteiger partial charge on any atom is -0.338 e. The van der Waals surface area contributed by atoms with Gasteiger partial charge in [0.15, 0.2) is 11.2 Å². The highest BCUT2D eigenvalue weighted by molar-refractivity contribution is 5.94. The average molecular weight is 392 g/mol. The van der Waals surface area contributed by atoms with Gasteiger partial charge >= 0.3 is 0 Å². The molecule has 1 aliphatic carbocycles. The molecular weight excluding hydrogens is 368 g/mol. The maximum atomic E-state index is 12.9. The third kappa shape index (κ3) is 3.32. The lowest BCUT2D eigenvalue weighted by molar-refractivity contribution is 0.0690. The Morgan fingerprint density at radius 3 is 2.41 bits per heavy atom. The molecule has 0 atom stereocenters. The number of nitrogens with one attached hydrogen (secondary N) is 1. The molecule has 0 bridgehead atoms.